The number of pyridine rings is 3. The molecule has 0 unspecified atom stereocenters. The van der Waals surface area contributed by atoms with Gasteiger partial charge in [0.05, 0.1) is 30.1 Å². The lowest BCUT2D eigenvalue weighted by atomic mass is 10.0. The fourth-order valence-electron chi connectivity index (χ4n) is 5.33. The number of ether oxygens (including phenoxy) is 2. The van der Waals surface area contributed by atoms with Gasteiger partial charge in [0.15, 0.2) is 0 Å². The van der Waals surface area contributed by atoms with Gasteiger partial charge in [0.1, 0.15) is 11.3 Å². The Morgan fingerprint density at radius 3 is 2.56 bits per heavy atom. The van der Waals surface area contributed by atoms with Crippen LogP contribution in [-0.2, 0) is 16.1 Å². The van der Waals surface area contributed by atoms with Crippen LogP contribution < -0.4 is 15.4 Å². The molecule has 5 rings (SSSR count). The minimum absolute atomic E-state index is 0.0366. The number of hydrogen-bond donors (Lipinski definition) is 2. The van der Waals surface area contributed by atoms with Crippen molar-refractivity contribution in [1.29, 1.82) is 0 Å². The number of methoxy groups -OCH3 is 1. The van der Waals surface area contributed by atoms with E-state index in [1.165, 1.54) is 13.3 Å². The summed E-state index contributed by atoms with van der Waals surface area (Å²) in [7, 11) is 1.51. The first-order valence-corrected chi connectivity index (χ1v) is 15.9. The average molecular weight is 670 g/mol. The van der Waals surface area contributed by atoms with Crippen LogP contribution in [0.25, 0.3) is 22.5 Å². The molecule has 1 aliphatic rings. The Morgan fingerprint density at radius 1 is 1.10 bits per heavy atom. The van der Waals surface area contributed by atoms with E-state index in [-0.39, 0.29) is 36.6 Å². The monoisotopic (exact) mass is 669 g/mol. The zero-order valence-corrected chi connectivity index (χ0v) is 28.4. The molecule has 0 saturated carbocycles. The third kappa shape index (κ3) is 8.09. The van der Waals surface area contributed by atoms with E-state index in [0.717, 1.165) is 11.1 Å². The van der Waals surface area contributed by atoms with Crippen LogP contribution in [0.15, 0.2) is 60.9 Å². The van der Waals surface area contributed by atoms with Gasteiger partial charge in [-0.25, -0.2) is 9.78 Å². The number of halogens is 1. The lowest BCUT2D eigenvalue weighted by molar-refractivity contribution is -0.119. The number of nitrogens with zero attached hydrogens (tertiary/aromatic N) is 4. The lowest BCUT2D eigenvalue weighted by Gasteiger charge is -2.29. The summed E-state index contributed by atoms with van der Waals surface area (Å²) in [5.41, 5.74) is 4.71. The van der Waals surface area contributed by atoms with Crippen LogP contribution in [0.3, 0.4) is 0 Å². The van der Waals surface area contributed by atoms with Crippen molar-refractivity contribution < 1.29 is 23.9 Å². The molecular weight excluding hydrogens is 632 g/mol. The van der Waals surface area contributed by atoms with E-state index in [2.05, 4.69) is 27.5 Å². The van der Waals surface area contributed by atoms with Gasteiger partial charge in [-0.05, 0) is 82.5 Å². The summed E-state index contributed by atoms with van der Waals surface area (Å²) in [4.78, 5) is 53.0. The molecule has 1 saturated heterocycles. The zero-order chi connectivity index (χ0) is 34.6. The Morgan fingerprint density at radius 2 is 1.90 bits per heavy atom. The number of amides is 3. The number of aromatic nitrogens is 3. The Balaban J connectivity index is 1.42. The summed E-state index contributed by atoms with van der Waals surface area (Å²) in [6.07, 6.45) is 3.73. The van der Waals surface area contributed by atoms with E-state index < -0.39 is 11.7 Å². The zero-order valence-electron chi connectivity index (χ0n) is 27.6. The normalized spacial score (nSPS) is 14.3. The van der Waals surface area contributed by atoms with Crippen LogP contribution in [0.4, 0.5) is 10.5 Å². The van der Waals surface area contributed by atoms with Crippen LogP contribution in [0.5, 0.6) is 5.88 Å². The third-order valence-electron chi connectivity index (χ3n) is 7.73. The second-order valence-corrected chi connectivity index (χ2v) is 12.9. The van der Waals surface area contributed by atoms with Gasteiger partial charge < -0.3 is 25.0 Å². The molecule has 0 bridgehead atoms. The Bertz CT molecular complexity index is 1840. The summed E-state index contributed by atoms with van der Waals surface area (Å²) in [5, 5.41) is 6.21. The molecule has 0 aliphatic carbocycles. The summed E-state index contributed by atoms with van der Waals surface area (Å²) in [5.74, 6) is -0.0736. The standard InChI is InChI=1S/C36H38ClN6O5/c1-21-10-13-29(39-18-21)33(45)41-27-9-7-8-25(22(27)2)32-31(37)26(16-17-38-32)28-14-11-23(34(42-28)47-6)19-43(35(46)48-36(3,4)5)20-24-12-15-30(44)40-24/h7-11,13-14,16-18,24H,1,12,15,19-20H2,2-6H3,(H,40,44)(H,41,45)/t24-/m0/s1. The summed E-state index contributed by atoms with van der Waals surface area (Å²) >= 11 is 7.00. The van der Waals surface area contributed by atoms with Gasteiger partial charge in [-0.2, -0.15) is 0 Å². The van der Waals surface area contributed by atoms with Crippen LogP contribution >= 0.6 is 11.6 Å². The van der Waals surface area contributed by atoms with Crippen molar-refractivity contribution in [3.63, 3.8) is 0 Å². The molecule has 0 spiro atoms. The number of carbonyl (C=O) groups is 3. The van der Waals surface area contributed by atoms with Crippen LogP contribution in [-0.4, -0.2) is 63.1 Å². The maximum atomic E-state index is 13.2. The lowest BCUT2D eigenvalue weighted by Crippen LogP contribution is -2.43. The second-order valence-electron chi connectivity index (χ2n) is 12.5. The number of benzene rings is 1. The van der Waals surface area contributed by atoms with Crippen molar-refractivity contribution in [2.75, 3.05) is 19.0 Å². The number of carbonyl (C=O) groups excluding carboxylic acids is 3. The molecule has 2 N–H and O–H groups in total. The molecule has 1 fully saturated rings. The van der Waals surface area contributed by atoms with E-state index in [0.29, 0.717) is 57.5 Å². The molecule has 3 aromatic heterocycles. The number of rotatable bonds is 9. The number of nitrogens with one attached hydrogen (secondary N) is 2. The smallest absolute Gasteiger partial charge is 0.410 e. The Labute approximate surface area is 285 Å². The van der Waals surface area contributed by atoms with Crippen molar-refractivity contribution in [2.24, 2.45) is 0 Å². The SMILES string of the molecule is [CH2]c1ccc(C(=O)Nc2cccc(-c3nccc(-c4ccc(CN(C[C@@H]5CCC(=O)N5)C(=O)OC(C)(C)C)c(OC)n4)c3Cl)c2C)nc1. The van der Waals surface area contributed by atoms with Gasteiger partial charge in [-0.15, -0.1) is 0 Å². The maximum absolute atomic E-state index is 13.2. The fraction of sp³-hybridized carbons (Fsp3) is 0.306. The highest BCUT2D eigenvalue weighted by molar-refractivity contribution is 6.35. The molecule has 3 amide bonds. The van der Waals surface area contributed by atoms with Crippen molar-refractivity contribution in [2.45, 2.75) is 58.7 Å². The summed E-state index contributed by atoms with van der Waals surface area (Å²) in [6.45, 7) is 11.5. The Kier molecular flexibility index (Phi) is 10.3. The minimum atomic E-state index is -0.698. The topological polar surface area (TPSA) is 136 Å². The van der Waals surface area contributed by atoms with E-state index in [9.17, 15) is 14.4 Å². The third-order valence-corrected chi connectivity index (χ3v) is 8.11. The first kappa shape index (κ1) is 34.3. The van der Waals surface area contributed by atoms with Gasteiger partial charge in [-0.3, -0.25) is 19.6 Å². The van der Waals surface area contributed by atoms with Crippen molar-refractivity contribution >= 4 is 35.2 Å². The summed E-state index contributed by atoms with van der Waals surface area (Å²) < 4.78 is 11.4. The molecule has 1 aromatic carbocycles. The van der Waals surface area contributed by atoms with Crippen molar-refractivity contribution in [1.82, 2.24) is 25.2 Å². The summed E-state index contributed by atoms with van der Waals surface area (Å²) in [6, 6.07) is 14.1. The number of hydrogen-bond acceptors (Lipinski definition) is 8. The highest BCUT2D eigenvalue weighted by Crippen LogP contribution is 2.38. The molecule has 1 radical (unpaired) electrons. The minimum Gasteiger partial charge on any atom is -0.481 e. The largest absolute Gasteiger partial charge is 0.481 e. The quantitative estimate of drug-likeness (QED) is 0.203. The molecule has 1 atom stereocenters. The van der Waals surface area contributed by atoms with Crippen molar-refractivity contribution in [3.05, 3.63) is 95.3 Å². The van der Waals surface area contributed by atoms with Crippen LogP contribution in [0.1, 0.15) is 60.8 Å². The van der Waals surface area contributed by atoms with Gasteiger partial charge in [0, 0.05) is 53.8 Å². The van der Waals surface area contributed by atoms with Crippen LogP contribution in [0.2, 0.25) is 5.02 Å². The first-order chi connectivity index (χ1) is 22.8. The van der Waals surface area contributed by atoms with Crippen LogP contribution in [0, 0.1) is 13.8 Å². The predicted octanol–water partition coefficient (Wildman–Crippen LogP) is 6.63. The fourth-order valence-corrected chi connectivity index (χ4v) is 5.64. The van der Waals surface area contributed by atoms with E-state index >= 15 is 0 Å². The molecule has 4 heterocycles. The predicted molar refractivity (Wildman–Crippen MR) is 184 cm³/mol. The van der Waals surface area contributed by atoms with E-state index in [1.54, 1.807) is 62.2 Å². The first-order valence-electron chi connectivity index (χ1n) is 15.5. The van der Waals surface area contributed by atoms with Gasteiger partial charge in [0.2, 0.25) is 11.8 Å². The van der Waals surface area contributed by atoms with Crippen molar-refractivity contribution in [3.8, 4) is 28.4 Å². The van der Waals surface area contributed by atoms with E-state index in [4.69, 9.17) is 26.1 Å². The molecular formula is C36H38ClN6O5. The second kappa shape index (κ2) is 14.4. The van der Waals surface area contributed by atoms with Gasteiger partial charge >= 0.3 is 6.09 Å². The highest BCUT2D eigenvalue weighted by atomic mass is 35.5. The average Bonchev–Trinajstić information content (AvgIpc) is 3.46. The molecule has 11 nitrogen and oxygen atoms in total. The molecule has 48 heavy (non-hydrogen) atoms. The van der Waals surface area contributed by atoms with Gasteiger partial charge in [0.25, 0.3) is 5.91 Å². The highest BCUT2D eigenvalue weighted by Gasteiger charge is 2.29. The maximum Gasteiger partial charge on any atom is 0.410 e. The molecule has 1 aliphatic heterocycles. The molecule has 249 valence electrons. The van der Waals surface area contributed by atoms with Gasteiger partial charge in [-0.1, -0.05) is 29.8 Å². The Hall–Kier alpha value is -5.03. The molecule has 4 aromatic rings. The number of anilines is 1. The van der Waals surface area contributed by atoms with E-state index in [1.807, 2.05) is 25.1 Å². The molecule has 12 heteroatoms.